The molecular weight excluding hydrogens is 328 g/mol. The average molecular weight is 361 g/mol. The summed E-state index contributed by atoms with van der Waals surface area (Å²) in [5.41, 5.74) is 1.22. The first kappa shape index (κ1) is 20.1. The number of carbonyl (C=O) groups excluding carboxylic acids is 1. The van der Waals surface area contributed by atoms with Crippen LogP contribution in [-0.4, -0.2) is 44.1 Å². The van der Waals surface area contributed by atoms with E-state index in [1.807, 2.05) is 24.3 Å². The zero-order valence-electron chi connectivity index (χ0n) is 16.0. The van der Waals surface area contributed by atoms with E-state index in [0.717, 1.165) is 63.4 Å². The minimum Gasteiger partial charge on any atom is -0.484 e. The van der Waals surface area contributed by atoms with Crippen molar-refractivity contribution >= 4 is 11.9 Å². The first-order valence-electron chi connectivity index (χ1n) is 9.74. The highest BCUT2D eigenvalue weighted by molar-refractivity contribution is 5.79. The molecule has 0 spiro atoms. The molecule has 1 aliphatic carbocycles. The van der Waals surface area contributed by atoms with Crippen LogP contribution in [0.1, 0.15) is 45.1 Å². The molecule has 0 atom stereocenters. The average Bonchev–Trinajstić information content (AvgIpc) is 3.45. The number of carbonyl (C=O) groups is 1. The van der Waals surface area contributed by atoms with Crippen LogP contribution in [0.4, 0.5) is 0 Å². The SMILES string of the molecule is CCCCN=C(NCC)NCCc1ccc(OCC(=O)NC2CC2)cc1. The number of nitrogens with one attached hydrogen (secondary N) is 3. The van der Waals surface area contributed by atoms with Gasteiger partial charge in [0.25, 0.3) is 5.91 Å². The summed E-state index contributed by atoms with van der Waals surface area (Å²) in [4.78, 5) is 16.2. The van der Waals surface area contributed by atoms with Crippen molar-refractivity contribution in [1.29, 1.82) is 0 Å². The first-order valence-corrected chi connectivity index (χ1v) is 9.74. The number of unbranched alkanes of at least 4 members (excludes halogenated alkanes) is 1. The molecule has 0 saturated heterocycles. The molecule has 0 radical (unpaired) electrons. The Hall–Kier alpha value is -2.24. The summed E-state index contributed by atoms with van der Waals surface area (Å²) in [6.45, 7) is 6.85. The maximum Gasteiger partial charge on any atom is 0.258 e. The fraction of sp³-hybridized carbons (Fsp3) is 0.600. The number of guanidine groups is 1. The quantitative estimate of drug-likeness (QED) is 0.321. The fourth-order valence-corrected chi connectivity index (χ4v) is 2.41. The Bertz CT molecular complexity index is 568. The molecule has 6 heteroatoms. The van der Waals surface area contributed by atoms with Gasteiger partial charge in [0.2, 0.25) is 0 Å². The largest absolute Gasteiger partial charge is 0.484 e. The molecule has 0 aliphatic heterocycles. The summed E-state index contributed by atoms with van der Waals surface area (Å²) >= 11 is 0. The molecule has 26 heavy (non-hydrogen) atoms. The third-order valence-electron chi connectivity index (χ3n) is 4.07. The Labute approximate surface area is 156 Å². The molecule has 1 saturated carbocycles. The van der Waals surface area contributed by atoms with Gasteiger partial charge < -0.3 is 20.7 Å². The Morgan fingerprint density at radius 2 is 1.96 bits per heavy atom. The van der Waals surface area contributed by atoms with Gasteiger partial charge in [0.1, 0.15) is 5.75 Å². The van der Waals surface area contributed by atoms with Gasteiger partial charge in [0, 0.05) is 25.7 Å². The Balaban J connectivity index is 1.68. The summed E-state index contributed by atoms with van der Waals surface area (Å²) in [7, 11) is 0. The van der Waals surface area contributed by atoms with Gasteiger partial charge in [-0.1, -0.05) is 25.5 Å². The normalized spacial score (nSPS) is 14.0. The van der Waals surface area contributed by atoms with Crippen LogP contribution in [0, 0.1) is 0 Å². The third kappa shape index (κ3) is 8.23. The molecule has 2 rings (SSSR count). The third-order valence-corrected chi connectivity index (χ3v) is 4.07. The number of hydrogen-bond acceptors (Lipinski definition) is 3. The molecule has 0 heterocycles. The zero-order chi connectivity index (χ0) is 18.6. The number of ether oxygens (including phenoxy) is 1. The second-order valence-electron chi connectivity index (χ2n) is 6.57. The van der Waals surface area contributed by atoms with Crippen LogP contribution in [0.2, 0.25) is 0 Å². The molecule has 6 nitrogen and oxygen atoms in total. The number of hydrogen-bond donors (Lipinski definition) is 3. The van der Waals surface area contributed by atoms with Crippen LogP contribution in [0.3, 0.4) is 0 Å². The molecule has 0 aromatic heterocycles. The van der Waals surface area contributed by atoms with E-state index < -0.39 is 0 Å². The maximum atomic E-state index is 11.6. The number of nitrogens with zero attached hydrogens (tertiary/aromatic N) is 1. The second-order valence-corrected chi connectivity index (χ2v) is 6.57. The molecule has 1 aliphatic rings. The van der Waals surface area contributed by atoms with E-state index >= 15 is 0 Å². The molecular formula is C20H32N4O2. The summed E-state index contributed by atoms with van der Waals surface area (Å²) in [6.07, 6.45) is 5.34. The van der Waals surface area contributed by atoms with Crippen molar-refractivity contribution in [3.8, 4) is 5.75 Å². The minimum atomic E-state index is -0.0425. The van der Waals surface area contributed by atoms with Gasteiger partial charge in [-0.3, -0.25) is 9.79 Å². The van der Waals surface area contributed by atoms with Crippen LogP contribution in [0.25, 0.3) is 0 Å². The van der Waals surface area contributed by atoms with Crippen LogP contribution in [0.5, 0.6) is 5.75 Å². The number of amides is 1. The Morgan fingerprint density at radius 3 is 2.62 bits per heavy atom. The Kier molecular flexibility index (Phi) is 8.79. The molecule has 144 valence electrons. The summed E-state index contributed by atoms with van der Waals surface area (Å²) in [5.74, 6) is 1.56. The predicted octanol–water partition coefficient (Wildman–Crippen LogP) is 2.24. The molecule has 1 amide bonds. The van der Waals surface area contributed by atoms with Gasteiger partial charge in [0.15, 0.2) is 12.6 Å². The summed E-state index contributed by atoms with van der Waals surface area (Å²) in [5, 5.41) is 9.54. The Morgan fingerprint density at radius 1 is 1.19 bits per heavy atom. The standard InChI is InChI=1S/C20H32N4O2/c1-3-5-13-22-20(21-4-2)23-14-12-16-6-10-18(11-7-16)26-15-19(25)24-17-8-9-17/h6-7,10-11,17H,3-5,8-9,12-15H2,1-2H3,(H,24,25)(H2,21,22,23). The zero-order valence-corrected chi connectivity index (χ0v) is 16.0. The smallest absolute Gasteiger partial charge is 0.258 e. The van der Waals surface area contributed by atoms with Gasteiger partial charge >= 0.3 is 0 Å². The van der Waals surface area contributed by atoms with E-state index in [-0.39, 0.29) is 12.5 Å². The monoisotopic (exact) mass is 360 g/mol. The van der Waals surface area contributed by atoms with Crippen molar-refractivity contribution in [2.24, 2.45) is 4.99 Å². The van der Waals surface area contributed by atoms with Crippen molar-refractivity contribution in [3.63, 3.8) is 0 Å². The van der Waals surface area contributed by atoms with E-state index in [1.165, 1.54) is 5.56 Å². The van der Waals surface area contributed by atoms with Crippen molar-refractivity contribution in [2.45, 2.75) is 52.0 Å². The molecule has 3 N–H and O–H groups in total. The second kappa shape index (κ2) is 11.4. The van der Waals surface area contributed by atoms with Gasteiger partial charge in [-0.15, -0.1) is 0 Å². The van der Waals surface area contributed by atoms with Crippen LogP contribution in [-0.2, 0) is 11.2 Å². The topological polar surface area (TPSA) is 74.8 Å². The summed E-state index contributed by atoms with van der Waals surface area (Å²) < 4.78 is 5.52. The van der Waals surface area contributed by atoms with Crippen LogP contribution >= 0.6 is 0 Å². The van der Waals surface area contributed by atoms with Gasteiger partial charge in [-0.2, -0.15) is 0 Å². The van der Waals surface area contributed by atoms with E-state index in [9.17, 15) is 4.79 Å². The number of rotatable bonds is 11. The molecule has 1 aromatic rings. The minimum absolute atomic E-state index is 0.0425. The highest BCUT2D eigenvalue weighted by atomic mass is 16.5. The number of aliphatic imine (C=N–C) groups is 1. The van der Waals surface area contributed by atoms with Gasteiger partial charge in [-0.05, 0) is 50.3 Å². The molecule has 0 bridgehead atoms. The maximum absolute atomic E-state index is 11.6. The van der Waals surface area contributed by atoms with Gasteiger partial charge in [-0.25, -0.2) is 0 Å². The van der Waals surface area contributed by atoms with E-state index in [4.69, 9.17) is 4.74 Å². The molecule has 1 aromatic carbocycles. The lowest BCUT2D eigenvalue weighted by Gasteiger charge is -2.11. The first-order chi connectivity index (χ1) is 12.7. The lowest BCUT2D eigenvalue weighted by atomic mass is 10.1. The van der Waals surface area contributed by atoms with E-state index in [0.29, 0.717) is 6.04 Å². The van der Waals surface area contributed by atoms with Crippen molar-refractivity contribution < 1.29 is 9.53 Å². The fourth-order valence-electron chi connectivity index (χ4n) is 2.41. The predicted molar refractivity (Wildman–Crippen MR) is 106 cm³/mol. The lowest BCUT2D eigenvalue weighted by Crippen LogP contribution is -2.38. The lowest BCUT2D eigenvalue weighted by molar-refractivity contribution is -0.123. The van der Waals surface area contributed by atoms with E-state index in [2.05, 4.69) is 34.8 Å². The van der Waals surface area contributed by atoms with Crippen molar-refractivity contribution in [2.75, 3.05) is 26.2 Å². The van der Waals surface area contributed by atoms with Crippen molar-refractivity contribution in [1.82, 2.24) is 16.0 Å². The number of benzene rings is 1. The van der Waals surface area contributed by atoms with E-state index in [1.54, 1.807) is 0 Å². The molecule has 1 fully saturated rings. The van der Waals surface area contributed by atoms with Crippen LogP contribution < -0.4 is 20.7 Å². The summed E-state index contributed by atoms with van der Waals surface area (Å²) in [6, 6.07) is 8.28. The molecule has 0 unspecified atom stereocenters. The van der Waals surface area contributed by atoms with Crippen LogP contribution in [0.15, 0.2) is 29.3 Å². The highest BCUT2D eigenvalue weighted by Gasteiger charge is 2.23. The highest BCUT2D eigenvalue weighted by Crippen LogP contribution is 2.18. The van der Waals surface area contributed by atoms with Crippen molar-refractivity contribution in [3.05, 3.63) is 29.8 Å². The van der Waals surface area contributed by atoms with Gasteiger partial charge in [0.05, 0.1) is 0 Å².